The van der Waals surface area contributed by atoms with E-state index in [1.165, 1.54) is 0 Å². The second kappa shape index (κ2) is 10.2. The number of anilines is 1. The van der Waals surface area contributed by atoms with Gasteiger partial charge in [-0.2, -0.15) is 15.1 Å². The van der Waals surface area contributed by atoms with Crippen molar-refractivity contribution in [2.75, 3.05) is 18.0 Å². The lowest BCUT2D eigenvalue weighted by atomic mass is 10.2. The Labute approximate surface area is 194 Å². The summed E-state index contributed by atoms with van der Waals surface area (Å²) in [4.78, 5) is 38.1. The molecule has 2 aromatic heterocycles. The second-order valence-corrected chi connectivity index (χ2v) is 9.04. The Kier molecular flexibility index (Phi) is 7.40. The summed E-state index contributed by atoms with van der Waals surface area (Å²) in [6.07, 6.45) is 2.13. The molecule has 0 saturated carbocycles. The Bertz CT molecular complexity index is 1110. The van der Waals surface area contributed by atoms with Gasteiger partial charge in [0.05, 0.1) is 23.8 Å². The van der Waals surface area contributed by atoms with Crippen LogP contribution in [-0.4, -0.2) is 54.3 Å². The van der Waals surface area contributed by atoms with Crippen LogP contribution < -0.4 is 10.6 Å². The van der Waals surface area contributed by atoms with Crippen LogP contribution in [0.1, 0.15) is 24.6 Å². The molecule has 3 aromatic rings. The van der Waals surface area contributed by atoms with E-state index in [-0.39, 0.29) is 30.3 Å². The number of aromatic nitrogens is 4. The number of ether oxygens (including phenoxy) is 1. The topological polar surface area (TPSA) is 134 Å². The number of rotatable bonds is 8. The maximum atomic E-state index is 11.6. The van der Waals surface area contributed by atoms with Gasteiger partial charge < -0.3 is 25.2 Å². The average Bonchev–Trinajstić information content (AvgIpc) is 3.37. The van der Waals surface area contributed by atoms with E-state index in [0.717, 1.165) is 5.56 Å². The van der Waals surface area contributed by atoms with Gasteiger partial charge in [-0.05, 0) is 36.1 Å². The number of hydrogen-bond acceptors (Lipinski definition) is 8. The number of nitrogens with zero attached hydrogens (tertiary/aromatic N) is 4. The quantitative estimate of drug-likeness (QED) is 0.275. The molecule has 1 saturated heterocycles. The lowest BCUT2D eigenvalue weighted by molar-refractivity contribution is -0.119. The van der Waals surface area contributed by atoms with E-state index >= 15 is 0 Å². The normalized spacial score (nSPS) is 18.4. The van der Waals surface area contributed by atoms with Crippen LogP contribution in [0, 0.1) is 0 Å². The van der Waals surface area contributed by atoms with Crippen LogP contribution >= 0.6 is 31.6 Å². The SMILES string of the molecule is O=C(CP(O)O)NCC1CCC(n2ncc3c(NCc4ccccc4Cl)nc(Cl)nc32)O1. The van der Waals surface area contributed by atoms with E-state index in [2.05, 4.69) is 25.7 Å². The van der Waals surface area contributed by atoms with Crippen molar-refractivity contribution in [1.82, 2.24) is 25.1 Å². The van der Waals surface area contributed by atoms with Crippen molar-refractivity contribution in [1.29, 1.82) is 0 Å². The Balaban J connectivity index is 1.45. The summed E-state index contributed by atoms with van der Waals surface area (Å²) >= 11 is 12.4. The largest absolute Gasteiger partial charge is 0.365 e. The van der Waals surface area contributed by atoms with Gasteiger partial charge in [-0.25, -0.2) is 4.68 Å². The maximum absolute atomic E-state index is 11.6. The van der Waals surface area contributed by atoms with Crippen molar-refractivity contribution in [3.8, 4) is 0 Å². The van der Waals surface area contributed by atoms with Crippen LogP contribution in [0.5, 0.6) is 0 Å². The average molecular weight is 499 g/mol. The molecule has 0 spiro atoms. The van der Waals surface area contributed by atoms with Crippen molar-refractivity contribution in [3.63, 3.8) is 0 Å². The molecule has 13 heteroatoms. The van der Waals surface area contributed by atoms with E-state index in [4.69, 9.17) is 37.7 Å². The minimum absolute atomic E-state index is 0.0761. The van der Waals surface area contributed by atoms with Gasteiger partial charge in [-0.1, -0.05) is 29.8 Å². The van der Waals surface area contributed by atoms with Crippen molar-refractivity contribution >= 4 is 54.3 Å². The first kappa shape index (κ1) is 23.1. The van der Waals surface area contributed by atoms with Gasteiger partial charge in [0.25, 0.3) is 0 Å². The number of halogens is 2. The van der Waals surface area contributed by atoms with Gasteiger partial charge >= 0.3 is 0 Å². The molecule has 2 atom stereocenters. The summed E-state index contributed by atoms with van der Waals surface area (Å²) in [5.41, 5.74) is 1.45. The predicted octanol–water partition coefficient (Wildman–Crippen LogP) is 2.84. The molecule has 2 unspecified atom stereocenters. The Morgan fingerprint density at radius 1 is 1.25 bits per heavy atom. The molecule has 3 heterocycles. The van der Waals surface area contributed by atoms with Crippen molar-refractivity contribution in [2.24, 2.45) is 0 Å². The van der Waals surface area contributed by atoms with Crippen LogP contribution in [0.15, 0.2) is 30.5 Å². The van der Waals surface area contributed by atoms with Crippen molar-refractivity contribution in [2.45, 2.75) is 31.7 Å². The smallest absolute Gasteiger partial charge is 0.229 e. The first-order chi connectivity index (χ1) is 15.4. The Morgan fingerprint density at radius 3 is 2.84 bits per heavy atom. The Hall–Kier alpha value is -2.07. The van der Waals surface area contributed by atoms with Gasteiger partial charge in [0.2, 0.25) is 11.2 Å². The molecule has 1 aliphatic rings. The molecule has 0 bridgehead atoms. The molecule has 1 amide bonds. The summed E-state index contributed by atoms with van der Waals surface area (Å²) < 4.78 is 7.68. The third-order valence-corrected chi connectivity index (χ3v) is 6.11. The highest BCUT2D eigenvalue weighted by atomic mass is 35.5. The van der Waals surface area contributed by atoms with Crippen molar-refractivity contribution < 1.29 is 19.3 Å². The first-order valence-electron chi connectivity index (χ1n) is 9.86. The molecular formula is C19H21Cl2N6O4P. The van der Waals surface area contributed by atoms with Gasteiger partial charge in [0.15, 0.2) is 20.3 Å². The summed E-state index contributed by atoms with van der Waals surface area (Å²) in [5, 5.41) is 11.8. The minimum Gasteiger partial charge on any atom is -0.365 e. The highest BCUT2D eigenvalue weighted by molar-refractivity contribution is 7.46. The summed E-state index contributed by atoms with van der Waals surface area (Å²) in [5.74, 6) is 0.115. The third kappa shape index (κ3) is 5.46. The zero-order valence-corrected chi connectivity index (χ0v) is 19.2. The predicted molar refractivity (Wildman–Crippen MR) is 121 cm³/mol. The fourth-order valence-electron chi connectivity index (χ4n) is 3.49. The van der Waals surface area contributed by atoms with Crippen LogP contribution in [0.2, 0.25) is 10.3 Å². The molecule has 4 N–H and O–H groups in total. The molecule has 32 heavy (non-hydrogen) atoms. The first-order valence-corrected chi connectivity index (χ1v) is 12.0. The van der Waals surface area contributed by atoms with E-state index in [1.54, 1.807) is 10.9 Å². The van der Waals surface area contributed by atoms with E-state index in [1.807, 2.05) is 24.3 Å². The van der Waals surface area contributed by atoms with Crippen LogP contribution in [0.4, 0.5) is 5.82 Å². The van der Waals surface area contributed by atoms with Gasteiger partial charge in [0, 0.05) is 18.1 Å². The molecular weight excluding hydrogens is 478 g/mol. The number of carbonyl (C=O) groups excluding carboxylic acids is 1. The number of nitrogens with one attached hydrogen (secondary N) is 2. The number of hydrogen-bond donors (Lipinski definition) is 4. The molecule has 1 fully saturated rings. The lowest BCUT2D eigenvalue weighted by Gasteiger charge is -2.15. The highest BCUT2D eigenvalue weighted by Gasteiger charge is 2.29. The van der Waals surface area contributed by atoms with Crippen LogP contribution in [0.3, 0.4) is 0 Å². The standard InChI is InChI=1S/C19H21Cl2N6O4P/c20-14-4-2-1-3-11(14)7-23-17-13-9-24-27(18(13)26-19(21)25-17)16-6-5-12(31-16)8-22-15(28)10-32(29)30/h1-4,9,12,16,29-30H,5-8,10H2,(H,22,28)(H,23,25,26). The molecule has 0 radical (unpaired) electrons. The Morgan fingerprint density at radius 2 is 2.06 bits per heavy atom. The van der Waals surface area contributed by atoms with Gasteiger partial charge in [0.1, 0.15) is 5.82 Å². The fourth-order valence-corrected chi connectivity index (χ4v) is 4.23. The van der Waals surface area contributed by atoms with Crippen molar-refractivity contribution in [3.05, 3.63) is 46.3 Å². The van der Waals surface area contributed by atoms with Gasteiger partial charge in [-0.15, -0.1) is 0 Å². The zero-order chi connectivity index (χ0) is 22.7. The van der Waals surface area contributed by atoms with Crippen LogP contribution in [0.25, 0.3) is 11.0 Å². The van der Waals surface area contributed by atoms with Crippen LogP contribution in [-0.2, 0) is 16.1 Å². The molecule has 1 aromatic carbocycles. The number of carbonyl (C=O) groups is 1. The highest BCUT2D eigenvalue weighted by Crippen LogP contribution is 2.32. The van der Waals surface area contributed by atoms with E-state index < -0.39 is 14.3 Å². The third-order valence-electron chi connectivity index (χ3n) is 5.00. The zero-order valence-electron chi connectivity index (χ0n) is 16.8. The second-order valence-electron chi connectivity index (χ2n) is 7.24. The maximum Gasteiger partial charge on any atom is 0.229 e. The van der Waals surface area contributed by atoms with Gasteiger partial charge in [-0.3, -0.25) is 4.79 Å². The van der Waals surface area contributed by atoms with E-state index in [0.29, 0.717) is 41.3 Å². The molecule has 0 aliphatic carbocycles. The monoisotopic (exact) mass is 498 g/mol. The molecule has 170 valence electrons. The lowest BCUT2D eigenvalue weighted by Crippen LogP contribution is -2.33. The molecule has 10 nitrogen and oxygen atoms in total. The minimum atomic E-state index is -2.26. The summed E-state index contributed by atoms with van der Waals surface area (Å²) in [7, 11) is -2.26. The number of benzene rings is 1. The molecule has 4 rings (SSSR count). The summed E-state index contributed by atoms with van der Waals surface area (Å²) in [6, 6.07) is 7.52. The summed E-state index contributed by atoms with van der Waals surface area (Å²) in [6.45, 7) is 0.733. The fraction of sp³-hybridized carbons (Fsp3) is 0.368. The number of amides is 1. The van der Waals surface area contributed by atoms with E-state index in [9.17, 15) is 4.79 Å². The molecule has 1 aliphatic heterocycles. The number of fused-ring (bicyclic) bond motifs is 1.